The van der Waals surface area contributed by atoms with Crippen LogP contribution in [0.5, 0.6) is 0 Å². The van der Waals surface area contributed by atoms with Gasteiger partial charge in [-0.25, -0.2) is 0 Å². The molecule has 1 rings (SSSR count). The normalized spacial score (nSPS) is 17.8. The van der Waals surface area contributed by atoms with E-state index >= 15 is 0 Å². The lowest BCUT2D eigenvalue weighted by molar-refractivity contribution is -0.00498. The standard InChI is InChI=1S/C23H48N2O/c1-22(2,3)14-10-7-8-11-15-24-17-19-25(20-18-24)16-12-9-13-21-26-23(4,5)6/h7-21H2,1-6H3. The Morgan fingerprint density at radius 2 is 1.08 bits per heavy atom. The fourth-order valence-electron chi connectivity index (χ4n) is 3.57. The molecule has 0 bridgehead atoms. The molecular formula is C23H48N2O. The van der Waals surface area contributed by atoms with Crippen molar-refractivity contribution in [2.24, 2.45) is 5.41 Å². The molecule has 156 valence electrons. The molecule has 1 aliphatic heterocycles. The van der Waals surface area contributed by atoms with E-state index in [-0.39, 0.29) is 5.60 Å². The molecular weight excluding hydrogens is 320 g/mol. The van der Waals surface area contributed by atoms with Crippen molar-refractivity contribution < 1.29 is 4.74 Å². The zero-order valence-electron chi connectivity index (χ0n) is 18.9. The van der Waals surface area contributed by atoms with Crippen LogP contribution in [0.25, 0.3) is 0 Å². The van der Waals surface area contributed by atoms with Gasteiger partial charge < -0.3 is 14.5 Å². The minimum atomic E-state index is 0.0168. The zero-order chi connectivity index (χ0) is 19.5. The molecule has 0 amide bonds. The van der Waals surface area contributed by atoms with Crippen molar-refractivity contribution in [2.45, 2.75) is 98.5 Å². The Balaban J connectivity index is 1.92. The van der Waals surface area contributed by atoms with Crippen LogP contribution in [0.4, 0.5) is 0 Å². The van der Waals surface area contributed by atoms with Crippen LogP contribution in [0.3, 0.4) is 0 Å². The molecule has 0 atom stereocenters. The Kier molecular flexibility index (Phi) is 11.4. The van der Waals surface area contributed by atoms with Crippen molar-refractivity contribution in [2.75, 3.05) is 45.9 Å². The minimum absolute atomic E-state index is 0.0168. The van der Waals surface area contributed by atoms with Gasteiger partial charge in [0, 0.05) is 32.8 Å². The lowest BCUT2D eigenvalue weighted by Crippen LogP contribution is -2.46. The summed E-state index contributed by atoms with van der Waals surface area (Å²) in [6.07, 6.45) is 10.8. The molecule has 3 nitrogen and oxygen atoms in total. The number of ether oxygens (including phenoxy) is 1. The average Bonchev–Trinajstić information content (AvgIpc) is 2.53. The number of hydrogen-bond acceptors (Lipinski definition) is 3. The van der Waals surface area contributed by atoms with Crippen LogP contribution in [0.1, 0.15) is 92.9 Å². The second-order valence-electron chi connectivity index (χ2n) is 10.4. The van der Waals surface area contributed by atoms with E-state index in [0.717, 1.165) is 6.61 Å². The molecule has 0 saturated carbocycles. The van der Waals surface area contributed by atoms with Crippen molar-refractivity contribution >= 4 is 0 Å². The number of nitrogens with zero attached hydrogens (tertiary/aromatic N) is 2. The first-order valence-corrected chi connectivity index (χ1v) is 11.2. The second kappa shape index (κ2) is 12.4. The van der Waals surface area contributed by atoms with E-state index in [2.05, 4.69) is 51.3 Å². The summed E-state index contributed by atoms with van der Waals surface area (Å²) in [5, 5.41) is 0. The van der Waals surface area contributed by atoms with Crippen LogP contribution < -0.4 is 0 Å². The molecule has 0 N–H and O–H groups in total. The van der Waals surface area contributed by atoms with Gasteiger partial charge in [0.1, 0.15) is 0 Å². The smallest absolute Gasteiger partial charge is 0.0598 e. The van der Waals surface area contributed by atoms with Crippen LogP contribution in [-0.2, 0) is 4.74 Å². The van der Waals surface area contributed by atoms with E-state index in [1.54, 1.807) is 0 Å². The summed E-state index contributed by atoms with van der Waals surface area (Å²) in [6, 6.07) is 0. The van der Waals surface area contributed by atoms with Gasteiger partial charge in [-0.1, -0.05) is 40.0 Å². The fourth-order valence-corrected chi connectivity index (χ4v) is 3.57. The number of unbranched alkanes of at least 4 members (excludes halogenated alkanes) is 5. The van der Waals surface area contributed by atoms with E-state index in [9.17, 15) is 0 Å². The monoisotopic (exact) mass is 368 g/mol. The predicted octanol–water partition coefficient (Wildman–Crippen LogP) is 5.59. The first-order valence-electron chi connectivity index (χ1n) is 11.2. The second-order valence-corrected chi connectivity index (χ2v) is 10.4. The van der Waals surface area contributed by atoms with Crippen molar-refractivity contribution in [1.29, 1.82) is 0 Å². The first kappa shape index (κ1) is 23.9. The Bertz CT molecular complexity index is 301. The summed E-state index contributed by atoms with van der Waals surface area (Å²) in [4.78, 5) is 5.34. The highest BCUT2D eigenvalue weighted by Crippen LogP contribution is 2.22. The summed E-state index contributed by atoms with van der Waals surface area (Å²) >= 11 is 0. The molecule has 1 saturated heterocycles. The SMILES string of the molecule is CC(C)(C)CCCCCCN1CCN(CCCCCOC(C)(C)C)CC1. The first-order chi connectivity index (χ1) is 12.2. The Labute approximate surface area is 164 Å². The highest BCUT2D eigenvalue weighted by Gasteiger charge is 2.16. The third kappa shape index (κ3) is 14.0. The molecule has 0 aromatic rings. The molecule has 0 radical (unpaired) electrons. The molecule has 0 aromatic carbocycles. The molecule has 1 aliphatic rings. The lowest BCUT2D eigenvalue weighted by Gasteiger charge is -2.34. The predicted molar refractivity (Wildman–Crippen MR) is 115 cm³/mol. The van der Waals surface area contributed by atoms with Crippen LogP contribution in [0.15, 0.2) is 0 Å². The van der Waals surface area contributed by atoms with Crippen molar-refractivity contribution in [3.05, 3.63) is 0 Å². The minimum Gasteiger partial charge on any atom is -0.376 e. The van der Waals surface area contributed by atoms with E-state index in [0.29, 0.717) is 5.41 Å². The molecule has 0 aromatic heterocycles. The Morgan fingerprint density at radius 1 is 0.615 bits per heavy atom. The van der Waals surface area contributed by atoms with Crippen LogP contribution in [-0.4, -0.2) is 61.3 Å². The Hall–Kier alpha value is -0.120. The van der Waals surface area contributed by atoms with Crippen LogP contribution in [0.2, 0.25) is 0 Å². The number of rotatable bonds is 12. The van der Waals surface area contributed by atoms with Gasteiger partial charge in [-0.2, -0.15) is 0 Å². The molecule has 1 fully saturated rings. The largest absolute Gasteiger partial charge is 0.376 e. The van der Waals surface area contributed by atoms with Gasteiger partial charge in [-0.05, 0) is 71.4 Å². The van der Waals surface area contributed by atoms with Crippen LogP contribution >= 0.6 is 0 Å². The summed E-state index contributed by atoms with van der Waals surface area (Å²) < 4.78 is 5.79. The number of piperazine rings is 1. The maximum atomic E-state index is 5.79. The lowest BCUT2D eigenvalue weighted by atomic mass is 9.89. The van der Waals surface area contributed by atoms with E-state index < -0.39 is 0 Å². The van der Waals surface area contributed by atoms with Crippen LogP contribution in [0, 0.1) is 5.41 Å². The molecule has 0 unspecified atom stereocenters. The zero-order valence-corrected chi connectivity index (χ0v) is 18.9. The fraction of sp³-hybridized carbons (Fsp3) is 1.00. The topological polar surface area (TPSA) is 15.7 Å². The molecule has 26 heavy (non-hydrogen) atoms. The molecule has 1 heterocycles. The van der Waals surface area contributed by atoms with Crippen molar-refractivity contribution in [3.63, 3.8) is 0 Å². The maximum absolute atomic E-state index is 5.79. The van der Waals surface area contributed by atoms with Crippen molar-refractivity contribution in [1.82, 2.24) is 9.80 Å². The summed E-state index contributed by atoms with van der Waals surface area (Å²) in [5.41, 5.74) is 0.527. The highest BCUT2D eigenvalue weighted by molar-refractivity contribution is 4.72. The van der Waals surface area contributed by atoms with Gasteiger partial charge in [-0.3, -0.25) is 0 Å². The summed E-state index contributed by atoms with van der Waals surface area (Å²) in [5.74, 6) is 0. The summed E-state index contributed by atoms with van der Waals surface area (Å²) in [6.45, 7) is 22.0. The van der Waals surface area contributed by atoms with Gasteiger partial charge in [-0.15, -0.1) is 0 Å². The third-order valence-electron chi connectivity index (χ3n) is 5.27. The van der Waals surface area contributed by atoms with Gasteiger partial charge >= 0.3 is 0 Å². The average molecular weight is 369 g/mol. The maximum Gasteiger partial charge on any atom is 0.0598 e. The van der Waals surface area contributed by atoms with E-state index in [1.807, 2.05) is 0 Å². The van der Waals surface area contributed by atoms with E-state index in [1.165, 1.54) is 90.6 Å². The highest BCUT2D eigenvalue weighted by atomic mass is 16.5. The molecule has 0 spiro atoms. The van der Waals surface area contributed by atoms with Crippen molar-refractivity contribution in [3.8, 4) is 0 Å². The van der Waals surface area contributed by atoms with Gasteiger partial charge in [0.15, 0.2) is 0 Å². The third-order valence-corrected chi connectivity index (χ3v) is 5.27. The van der Waals surface area contributed by atoms with Gasteiger partial charge in [0.05, 0.1) is 5.60 Å². The number of hydrogen-bond donors (Lipinski definition) is 0. The van der Waals surface area contributed by atoms with Gasteiger partial charge in [0.25, 0.3) is 0 Å². The van der Waals surface area contributed by atoms with E-state index in [4.69, 9.17) is 4.74 Å². The molecule has 0 aliphatic carbocycles. The Morgan fingerprint density at radius 3 is 1.54 bits per heavy atom. The quantitative estimate of drug-likeness (QED) is 0.418. The summed E-state index contributed by atoms with van der Waals surface area (Å²) in [7, 11) is 0. The molecule has 3 heteroatoms. The van der Waals surface area contributed by atoms with Gasteiger partial charge in [0.2, 0.25) is 0 Å².